The smallest absolute Gasteiger partial charge is 0.259 e. The molecule has 1 aromatic heterocycles. The van der Waals surface area contributed by atoms with Crippen molar-refractivity contribution >= 4 is 11.8 Å². The van der Waals surface area contributed by atoms with Gasteiger partial charge in [0.25, 0.3) is 5.91 Å². The third-order valence-corrected chi connectivity index (χ3v) is 5.68. The second-order valence-electron chi connectivity index (χ2n) is 7.44. The van der Waals surface area contributed by atoms with Gasteiger partial charge in [-0.3, -0.25) is 14.5 Å². The van der Waals surface area contributed by atoms with Crippen LogP contribution in [-0.4, -0.2) is 79.3 Å². The summed E-state index contributed by atoms with van der Waals surface area (Å²) in [6, 6.07) is 0.437. The molecule has 1 aromatic rings. The summed E-state index contributed by atoms with van der Waals surface area (Å²) in [5.41, 5.74) is 0.555. The molecule has 0 aliphatic carbocycles. The number of amides is 2. The summed E-state index contributed by atoms with van der Waals surface area (Å²) in [4.78, 5) is 29.3. The van der Waals surface area contributed by atoms with E-state index >= 15 is 0 Å². The van der Waals surface area contributed by atoms with E-state index < -0.39 is 0 Å². The molecule has 2 aliphatic heterocycles. The maximum Gasteiger partial charge on any atom is 0.259 e. The Labute approximate surface area is 160 Å². The van der Waals surface area contributed by atoms with Crippen molar-refractivity contribution in [3.05, 3.63) is 17.5 Å². The minimum atomic E-state index is 0.00115. The second kappa shape index (κ2) is 9.32. The molecule has 2 saturated heterocycles. The molecular weight excluding hydrogens is 348 g/mol. The van der Waals surface area contributed by atoms with Crippen LogP contribution in [0.25, 0.3) is 0 Å². The van der Waals surface area contributed by atoms with Crippen LogP contribution < -0.4 is 5.32 Å². The highest BCUT2D eigenvalue weighted by atomic mass is 16.5. The van der Waals surface area contributed by atoms with Crippen molar-refractivity contribution in [2.45, 2.75) is 38.6 Å². The fourth-order valence-corrected chi connectivity index (χ4v) is 4.08. The predicted molar refractivity (Wildman–Crippen MR) is 99.3 cm³/mol. The zero-order valence-corrected chi connectivity index (χ0v) is 16.3. The third kappa shape index (κ3) is 4.87. The lowest BCUT2D eigenvalue weighted by atomic mass is 9.93. The molecule has 0 unspecified atom stereocenters. The first kappa shape index (κ1) is 19.8. The Kier molecular flexibility index (Phi) is 6.84. The maximum atomic E-state index is 12.6. The number of aryl methyl sites for hydroxylation is 1. The van der Waals surface area contributed by atoms with Crippen LogP contribution in [-0.2, 0) is 9.53 Å². The predicted octanol–water partition coefficient (Wildman–Crippen LogP) is 1.06. The Bertz CT molecular complexity index is 639. The van der Waals surface area contributed by atoms with E-state index in [9.17, 15) is 9.59 Å². The largest absolute Gasteiger partial charge is 0.383 e. The zero-order chi connectivity index (χ0) is 19.2. The van der Waals surface area contributed by atoms with E-state index in [1.807, 2.05) is 4.90 Å². The van der Waals surface area contributed by atoms with Crippen molar-refractivity contribution in [1.29, 1.82) is 0 Å². The second-order valence-corrected chi connectivity index (χ2v) is 7.44. The number of rotatable bonds is 6. The topological polar surface area (TPSA) is 87.9 Å². The number of hydrogen-bond donors (Lipinski definition) is 1. The number of methoxy groups -OCH3 is 1. The van der Waals surface area contributed by atoms with Crippen molar-refractivity contribution in [3.8, 4) is 0 Å². The van der Waals surface area contributed by atoms with Gasteiger partial charge in [0.15, 0.2) is 0 Å². The van der Waals surface area contributed by atoms with E-state index in [2.05, 4.69) is 15.4 Å². The van der Waals surface area contributed by atoms with Gasteiger partial charge in [0.2, 0.25) is 5.91 Å². The van der Waals surface area contributed by atoms with Crippen molar-refractivity contribution in [2.24, 2.45) is 5.92 Å². The molecule has 0 aromatic carbocycles. The quantitative estimate of drug-likeness (QED) is 0.745. The number of nitrogens with zero attached hydrogens (tertiary/aromatic N) is 3. The lowest BCUT2D eigenvalue weighted by molar-refractivity contribution is -0.127. The highest BCUT2D eigenvalue weighted by Crippen LogP contribution is 2.25. The summed E-state index contributed by atoms with van der Waals surface area (Å²) < 4.78 is 10.0. The lowest BCUT2D eigenvalue weighted by Crippen LogP contribution is -2.51. The number of aromatic nitrogens is 1. The molecule has 150 valence electrons. The molecule has 1 N–H and O–H groups in total. The van der Waals surface area contributed by atoms with Crippen LogP contribution in [0.15, 0.2) is 10.7 Å². The average molecular weight is 378 g/mol. The Balaban J connectivity index is 1.48. The number of nitrogens with one attached hydrogen (secondary N) is 1. The van der Waals surface area contributed by atoms with E-state index in [0.717, 1.165) is 51.9 Å². The standard InChI is InChI=1S/C19H30N4O4/c1-14-17(12-21-27-14)19(25)22-9-5-16(6-10-22)23-8-3-4-15(13-23)18(24)20-7-11-26-2/h12,15-16H,3-11,13H2,1-2H3,(H,20,24)/t15-/m1/s1. The van der Waals surface area contributed by atoms with Crippen LogP contribution in [0.4, 0.5) is 0 Å². The number of ether oxygens (including phenoxy) is 1. The molecule has 0 bridgehead atoms. The molecule has 0 radical (unpaired) electrons. The molecule has 0 spiro atoms. The summed E-state index contributed by atoms with van der Waals surface area (Å²) in [5, 5.41) is 6.66. The van der Waals surface area contributed by atoms with E-state index in [1.165, 1.54) is 6.20 Å². The van der Waals surface area contributed by atoms with Crippen LogP contribution >= 0.6 is 0 Å². The van der Waals surface area contributed by atoms with Gasteiger partial charge in [-0.05, 0) is 39.2 Å². The van der Waals surface area contributed by atoms with E-state index in [-0.39, 0.29) is 17.7 Å². The van der Waals surface area contributed by atoms with Gasteiger partial charge in [-0.1, -0.05) is 5.16 Å². The minimum Gasteiger partial charge on any atom is -0.383 e. The first-order valence-corrected chi connectivity index (χ1v) is 9.81. The Morgan fingerprint density at radius 3 is 2.74 bits per heavy atom. The average Bonchev–Trinajstić information content (AvgIpc) is 3.13. The third-order valence-electron chi connectivity index (χ3n) is 5.68. The van der Waals surface area contributed by atoms with Gasteiger partial charge < -0.3 is 19.5 Å². The number of hydrogen-bond acceptors (Lipinski definition) is 6. The molecule has 27 heavy (non-hydrogen) atoms. The Hall–Kier alpha value is -1.93. The van der Waals surface area contributed by atoms with Gasteiger partial charge >= 0.3 is 0 Å². The van der Waals surface area contributed by atoms with E-state index in [4.69, 9.17) is 9.26 Å². The van der Waals surface area contributed by atoms with Crippen LogP contribution in [0.2, 0.25) is 0 Å². The number of piperidine rings is 2. The molecule has 0 saturated carbocycles. The highest BCUT2D eigenvalue weighted by molar-refractivity contribution is 5.94. The summed E-state index contributed by atoms with van der Waals surface area (Å²) in [5.74, 6) is 0.754. The molecule has 3 rings (SSSR count). The van der Waals surface area contributed by atoms with Crippen LogP contribution in [0.3, 0.4) is 0 Å². The number of likely N-dealkylation sites (tertiary alicyclic amines) is 2. The molecular formula is C19H30N4O4. The Morgan fingerprint density at radius 1 is 1.30 bits per heavy atom. The van der Waals surface area contributed by atoms with Crippen LogP contribution in [0.1, 0.15) is 41.8 Å². The van der Waals surface area contributed by atoms with Crippen molar-refractivity contribution in [2.75, 3.05) is 46.4 Å². The maximum absolute atomic E-state index is 12.6. The first-order chi connectivity index (χ1) is 13.1. The normalized spacial score (nSPS) is 22.0. The monoisotopic (exact) mass is 378 g/mol. The molecule has 2 amide bonds. The van der Waals surface area contributed by atoms with Crippen molar-refractivity contribution in [3.63, 3.8) is 0 Å². The van der Waals surface area contributed by atoms with Gasteiger partial charge in [-0.2, -0.15) is 0 Å². The number of carbonyl (C=O) groups is 2. The Morgan fingerprint density at radius 2 is 2.07 bits per heavy atom. The summed E-state index contributed by atoms with van der Waals surface area (Å²) in [6.45, 7) is 6.17. The molecule has 8 nitrogen and oxygen atoms in total. The SMILES string of the molecule is COCCNC(=O)[C@@H]1CCCN(C2CCN(C(=O)c3cnoc3C)CC2)C1. The van der Waals surface area contributed by atoms with Crippen LogP contribution in [0, 0.1) is 12.8 Å². The highest BCUT2D eigenvalue weighted by Gasteiger charge is 2.33. The minimum absolute atomic E-state index is 0.00115. The fraction of sp³-hybridized carbons (Fsp3) is 0.737. The van der Waals surface area contributed by atoms with E-state index in [1.54, 1.807) is 14.0 Å². The molecule has 2 fully saturated rings. The summed E-state index contributed by atoms with van der Waals surface area (Å²) in [7, 11) is 1.63. The molecule has 8 heteroatoms. The fourth-order valence-electron chi connectivity index (χ4n) is 4.08. The van der Waals surface area contributed by atoms with Crippen molar-refractivity contribution in [1.82, 2.24) is 20.3 Å². The lowest BCUT2D eigenvalue weighted by Gasteiger charge is -2.42. The van der Waals surface area contributed by atoms with Crippen molar-refractivity contribution < 1.29 is 18.8 Å². The van der Waals surface area contributed by atoms with Gasteiger partial charge in [-0.25, -0.2) is 0 Å². The first-order valence-electron chi connectivity index (χ1n) is 9.81. The van der Waals surface area contributed by atoms with Gasteiger partial charge in [0.1, 0.15) is 11.3 Å². The number of carbonyl (C=O) groups excluding carboxylic acids is 2. The molecule has 2 aliphatic rings. The zero-order valence-electron chi connectivity index (χ0n) is 16.3. The summed E-state index contributed by atoms with van der Waals surface area (Å²) >= 11 is 0. The van der Waals surface area contributed by atoms with Crippen LogP contribution in [0.5, 0.6) is 0 Å². The molecule has 1 atom stereocenters. The van der Waals surface area contributed by atoms with Gasteiger partial charge in [0, 0.05) is 39.3 Å². The van der Waals surface area contributed by atoms with Gasteiger partial charge in [0.05, 0.1) is 18.7 Å². The van der Waals surface area contributed by atoms with Gasteiger partial charge in [-0.15, -0.1) is 0 Å². The van der Waals surface area contributed by atoms with E-state index in [0.29, 0.717) is 30.5 Å². The summed E-state index contributed by atoms with van der Waals surface area (Å²) in [6.07, 6.45) is 5.37. The molecule has 3 heterocycles.